The van der Waals surface area contributed by atoms with Crippen LogP contribution in [0.5, 0.6) is 0 Å². The molecule has 0 fully saturated rings. The first-order valence-corrected chi connectivity index (χ1v) is 3.40. The number of allylic oxidation sites excluding steroid dienone is 3. The summed E-state index contributed by atoms with van der Waals surface area (Å²) in [7, 11) is 0. The van der Waals surface area contributed by atoms with Gasteiger partial charge in [-0.2, -0.15) is 0 Å². The third-order valence-electron chi connectivity index (χ3n) is 1.36. The van der Waals surface area contributed by atoms with Crippen molar-refractivity contribution in [2.75, 3.05) is 0 Å². The van der Waals surface area contributed by atoms with Crippen LogP contribution in [0.2, 0.25) is 0 Å². The van der Waals surface area contributed by atoms with Crippen LogP contribution < -0.4 is 16.9 Å². The molecule has 0 saturated heterocycles. The summed E-state index contributed by atoms with van der Waals surface area (Å²) in [5, 5.41) is 3.65. The normalized spacial score (nSPS) is 15.4. The Morgan fingerprint density at radius 3 is 2.82 bits per heavy atom. The van der Waals surface area contributed by atoms with Crippen LogP contribution in [0.15, 0.2) is 28.5 Å². The van der Waals surface area contributed by atoms with Crippen LogP contribution in [0.1, 0.15) is 13.3 Å². The third-order valence-corrected chi connectivity index (χ3v) is 1.36. The number of guanidine groups is 1. The molecule has 0 heterocycles. The Kier molecular flexibility index (Phi) is 2.15. The van der Waals surface area contributed by atoms with E-state index < -0.39 is 0 Å². The van der Waals surface area contributed by atoms with Crippen LogP contribution in [0.3, 0.4) is 0 Å². The van der Waals surface area contributed by atoms with Crippen molar-refractivity contribution in [1.82, 2.24) is 5.43 Å². The fraction of sp³-hybridized carbons (Fsp3) is 0.286. The Balaban J connectivity index is 2.46. The molecule has 0 atom stereocenters. The number of hydrazone groups is 1. The topological polar surface area (TPSA) is 76.4 Å². The molecule has 0 bridgehead atoms. The van der Waals surface area contributed by atoms with E-state index in [1.807, 2.05) is 12.2 Å². The molecule has 0 spiro atoms. The van der Waals surface area contributed by atoms with Gasteiger partial charge in [-0.1, -0.05) is 11.6 Å². The maximum Gasteiger partial charge on any atom is 0.208 e. The van der Waals surface area contributed by atoms with Gasteiger partial charge in [-0.25, -0.2) is 0 Å². The van der Waals surface area contributed by atoms with Crippen molar-refractivity contribution in [2.24, 2.45) is 16.6 Å². The molecule has 0 aromatic rings. The van der Waals surface area contributed by atoms with E-state index in [2.05, 4.69) is 17.5 Å². The standard InChI is InChI=1S/C7H12N4/c1-5-2-3-6(4-5)10-11-7(8)9/h3-4,10H,2H2,1H3,(H4,8,9,11). The summed E-state index contributed by atoms with van der Waals surface area (Å²) < 4.78 is 0. The molecule has 4 heteroatoms. The van der Waals surface area contributed by atoms with E-state index in [4.69, 9.17) is 11.5 Å². The SMILES string of the molecule is CC1=CC(NN=C(N)N)=CC1. The van der Waals surface area contributed by atoms with E-state index in [0.29, 0.717) is 0 Å². The quantitative estimate of drug-likeness (QED) is 0.296. The van der Waals surface area contributed by atoms with E-state index in [1.165, 1.54) is 5.57 Å². The molecule has 1 aliphatic rings. The molecule has 60 valence electrons. The predicted molar refractivity (Wildman–Crippen MR) is 45.4 cm³/mol. The zero-order valence-electron chi connectivity index (χ0n) is 6.46. The van der Waals surface area contributed by atoms with Crippen LogP contribution in [0.4, 0.5) is 0 Å². The Morgan fingerprint density at radius 2 is 2.36 bits per heavy atom. The maximum absolute atomic E-state index is 5.12. The maximum atomic E-state index is 5.12. The summed E-state index contributed by atoms with van der Waals surface area (Å²) >= 11 is 0. The molecule has 0 aromatic heterocycles. The van der Waals surface area contributed by atoms with E-state index in [0.717, 1.165) is 12.1 Å². The Bertz CT molecular complexity index is 233. The molecular formula is C7H12N4. The summed E-state index contributed by atoms with van der Waals surface area (Å²) in [6.07, 6.45) is 5.01. The molecule has 0 aliphatic heterocycles. The lowest BCUT2D eigenvalue weighted by Crippen LogP contribution is -2.25. The third kappa shape index (κ3) is 2.33. The number of nitrogens with zero attached hydrogens (tertiary/aromatic N) is 1. The summed E-state index contributed by atoms with van der Waals surface area (Å²) in [5.41, 5.74) is 15.2. The molecule has 0 saturated carbocycles. The molecule has 0 amide bonds. The van der Waals surface area contributed by atoms with Gasteiger partial charge in [0.25, 0.3) is 0 Å². The van der Waals surface area contributed by atoms with Crippen LogP contribution in [0.25, 0.3) is 0 Å². The molecule has 0 unspecified atom stereocenters. The van der Waals surface area contributed by atoms with E-state index in [1.54, 1.807) is 0 Å². The molecular weight excluding hydrogens is 140 g/mol. The number of nitrogens with one attached hydrogen (secondary N) is 1. The smallest absolute Gasteiger partial charge is 0.208 e. The highest BCUT2D eigenvalue weighted by Gasteiger charge is 1.99. The number of hydrogen-bond acceptors (Lipinski definition) is 2. The van der Waals surface area contributed by atoms with Crippen LogP contribution in [0, 0.1) is 0 Å². The fourth-order valence-corrected chi connectivity index (χ4v) is 0.861. The lowest BCUT2D eigenvalue weighted by atomic mass is 10.3. The monoisotopic (exact) mass is 152 g/mol. The van der Waals surface area contributed by atoms with Crippen molar-refractivity contribution < 1.29 is 0 Å². The minimum atomic E-state index is 0.0452. The van der Waals surface area contributed by atoms with Crippen LogP contribution in [-0.2, 0) is 0 Å². The Morgan fingerprint density at radius 1 is 1.64 bits per heavy atom. The molecule has 1 rings (SSSR count). The highest BCUT2D eigenvalue weighted by Crippen LogP contribution is 2.13. The van der Waals surface area contributed by atoms with Gasteiger partial charge in [-0.05, 0) is 19.4 Å². The molecule has 0 aromatic carbocycles. The molecule has 1 aliphatic carbocycles. The van der Waals surface area contributed by atoms with Gasteiger partial charge in [-0.15, -0.1) is 5.10 Å². The van der Waals surface area contributed by atoms with Crippen molar-refractivity contribution in [1.29, 1.82) is 0 Å². The van der Waals surface area contributed by atoms with Crippen molar-refractivity contribution >= 4 is 5.96 Å². The van der Waals surface area contributed by atoms with E-state index in [-0.39, 0.29) is 5.96 Å². The summed E-state index contributed by atoms with van der Waals surface area (Å²) in [5.74, 6) is 0.0452. The van der Waals surface area contributed by atoms with E-state index >= 15 is 0 Å². The van der Waals surface area contributed by atoms with Crippen molar-refractivity contribution in [2.45, 2.75) is 13.3 Å². The second-order valence-corrected chi connectivity index (χ2v) is 2.50. The summed E-state index contributed by atoms with van der Waals surface area (Å²) in [4.78, 5) is 0. The fourth-order valence-electron chi connectivity index (χ4n) is 0.861. The van der Waals surface area contributed by atoms with Crippen molar-refractivity contribution in [3.63, 3.8) is 0 Å². The zero-order chi connectivity index (χ0) is 8.27. The van der Waals surface area contributed by atoms with Gasteiger partial charge >= 0.3 is 0 Å². The molecule has 4 nitrogen and oxygen atoms in total. The number of nitrogens with two attached hydrogens (primary N) is 2. The second kappa shape index (κ2) is 3.09. The number of rotatable bonds is 2. The van der Waals surface area contributed by atoms with E-state index in [9.17, 15) is 0 Å². The average molecular weight is 152 g/mol. The lowest BCUT2D eigenvalue weighted by molar-refractivity contribution is 0.911. The van der Waals surface area contributed by atoms with Gasteiger partial charge in [0, 0.05) is 0 Å². The highest BCUT2D eigenvalue weighted by atomic mass is 15.3. The average Bonchev–Trinajstić information content (AvgIpc) is 2.31. The van der Waals surface area contributed by atoms with Crippen molar-refractivity contribution in [3.05, 3.63) is 23.4 Å². The minimum absolute atomic E-state index is 0.0452. The van der Waals surface area contributed by atoms with Crippen LogP contribution in [-0.4, -0.2) is 5.96 Å². The molecule has 0 radical (unpaired) electrons. The van der Waals surface area contributed by atoms with Gasteiger partial charge in [0.15, 0.2) is 0 Å². The zero-order valence-corrected chi connectivity index (χ0v) is 6.46. The largest absolute Gasteiger partial charge is 0.369 e. The molecule has 11 heavy (non-hydrogen) atoms. The minimum Gasteiger partial charge on any atom is -0.369 e. The predicted octanol–water partition coefficient (Wildman–Crippen LogP) is -0.00170. The molecule has 5 N–H and O–H groups in total. The van der Waals surface area contributed by atoms with Gasteiger partial charge in [0.1, 0.15) is 0 Å². The second-order valence-electron chi connectivity index (χ2n) is 2.50. The Hall–Kier alpha value is -1.45. The van der Waals surface area contributed by atoms with Gasteiger partial charge in [-0.3, -0.25) is 5.43 Å². The van der Waals surface area contributed by atoms with Gasteiger partial charge < -0.3 is 11.5 Å². The first-order chi connectivity index (χ1) is 5.18. The summed E-state index contributed by atoms with van der Waals surface area (Å²) in [6, 6.07) is 0. The van der Waals surface area contributed by atoms with Gasteiger partial charge in [0.2, 0.25) is 5.96 Å². The highest BCUT2D eigenvalue weighted by molar-refractivity contribution is 5.75. The Labute approximate surface area is 65.6 Å². The van der Waals surface area contributed by atoms with Crippen LogP contribution >= 0.6 is 0 Å². The first-order valence-electron chi connectivity index (χ1n) is 3.40. The first kappa shape index (κ1) is 7.65. The number of hydrogen-bond donors (Lipinski definition) is 3. The van der Waals surface area contributed by atoms with Gasteiger partial charge in [0.05, 0.1) is 5.70 Å². The lowest BCUT2D eigenvalue weighted by Gasteiger charge is -1.96. The van der Waals surface area contributed by atoms with Crippen molar-refractivity contribution in [3.8, 4) is 0 Å². The summed E-state index contributed by atoms with van der Waals surface area (Å²) in [6.45, 7) is 2.06.